The number of imidazole rings is 1. The van der Waals surface area contributed by atoms with Crippen molar-refractivity contribution < 1.29 is 4.79 Å². The Balaban J connectivity index is 1.42. The standard InChI is InChI=1S/C21H28N6O/c1-2-11-25-16-22-19-15-17(7-8-20(19)25)24-21(28)27-13-4-3-6-18(27)9-14-26-12-5-10-23-26/h5,7-8,10,12,15-16,18H,2-4,6,9,11,13-14H2,1H3,(H,24,28)/t18-/m1/s1. The number of anilines is 1. The van der Waals surface area contributed by atoms with Crippen molar-refractivity contribution in [2.24, 2.45) is 0 Å². The van der Waals surface area contributed by atoms with Gasteiger partial charge in [0.2, 0.25) is 0 Å². The maximum absolute atomic E-state index is 12.9. The van der Waals surface area contributed by atoms with Crippen LogP contribution in [0.25, 0.3) is 11.0 Å². The number of urea groups is 1. The van der Waals surface area contributed by atoms with Crippen LogP contribution in [0.15, 0.2) is 43.0 Å². The molecule has 1 N–H and O–H groups in total. The van der Waals surface area contributed by atoms with Crippen molar-refractivity contribution in [1.29, 1.82) is 0 Å². The fourth-order valence-corrected chi connectivity index (χ4v) is 4.04. The van der Waals surface area contributed by atoms with Crippen molar-refractivity contribution in [3.05, 3.63) is 43.0 Å². The quantitative estimate of drug-likeness (QED) is 0.699. The molecular formula is C21H28N6O. The SMILES string of the molecule is CCCn1cnc2cc(NC(=O)N3CCCC[C@@H]3CCn3cccn3)ccc21. The second kappa shape index (κ2) is 8.46. The van der Waals surface area contributed by atoms with Crippen LogP contribution in [0.2, 0.25) is 0 Å². The summed E-state index contributed by atoms with van der Waals surface area (Å²) in [7, 11) is 0. The molecule has 0 aliphatic carbocycles. The van der Waals surface area contributed by atoms with Crippen LogP contribution < -0.4 is 5.32 Å². The highest BCUT2D eigenvalue weighted by molar-refractivity contribution is 5.92. The first-order valence-electron chi connectivity index (χ1n) is 10.2. The van der Waals surface area contributed by atoms with E-state index in [1.54, 1.807) is 6.20 Å². The van der Waals surface area contributed by atoms with E-state index in [1.165, 1.54) is 6.42 Å². The summed E-state index contributed by atoms with van der Waals surface area (Å²) in [6.45, 7) is 4.75. The van der Waals surface area contributed by atoms with Crippen LogP contribution in [0.4, 0.5) is 10.5 Å². The van der Waals surface area contributed by atoms with Gasteiger partial charge in [-0.3, -0.25) is 4.68 Å². The molecule has 1 fully saturated rings. The predicted octanol–water partition coefficient (Wildman–Crippen LogP) is 4.12. The fraction of sp³-hybridized carbons (Fsp3) is 0.476. The average molecular weight is 380 g/mol. The maximum Gasteiger partial charge on any atom is 0.322 e. The third kappa shape index (κ3) is 4.03. The molecule has 1 atom stereocenters. The van der Waals surface area contributed by atoms with Gasteiger partial charge in [-0.05, 0) is 56.4 Å². The Hall–Kier alpha value is -2.83. The van der Waals surface area contributed by atoms with E-state index in [1.807, 2.05) is 46.4 Å². The third-order valence-electron chi connectivity index (χ3n) is 5.48. The highest BCUT2D eigenvalue weighted by atomic mass is 16.2. The third-order valence-corrected chi connectivity index (χ3v) is 5.48. The number of carbonyl (C=O) groups excluding carboxylic acids is 1. The number of nitrogens with one attached hydrogen (secondary N) is 1. The zero-order chi connectivity index (χ0) is 19.3. The predicted molar refractivity (Wildman–Crippen MR) is 110 cm³/mol. The average Bonchev–Trinajstić information content (AvgIpc) is 3.37. The molecule has 7 nitrogen and oxygen atoms in total. The first-order valence-corrected chi connectivity index (χ1v) is 10.2. The van der Waals surface area contributed by atoms with Gasteiger partial charge in [0, 0.05) is 43.8 Å². The molecule has 1 saturated heterocycles. The van der Waals surface area contributed by atoms with Gasteiger partial charge in [-0.1, -0.05) is 6.92 Å². The summed E-state index contributed by atoms with van der Waals surface area (Å²) in [6, 6.07) is 8.14. The molecule has 2 amide bonds. The molecule has 1 aromatic carbocycles. The van der Waals surface area contributed by atoms with Gasteiger partial charge in [0.25, 0.3) is 0 Å². The van der Waals surface area contributed by atoms with Crippen LogP contribution in [0.3, 0.4) is 0 Å². The Labute approximate surface area is 165 Å². The van der Waals surface area contributed by atoms with Gasteiger partial charge in [0.05, 0.1) is 17.4 Å². The zero-order valence-corrected chi connectivity index (χ0v) is 16.4. The first-order chi connectivity index (χ1) is 13.7. The smallest absolute Gasteiger partial charge is 0.322 e. The number of piperidine rings is 1. The summed E-state index contributed by atoms with van der Waals surface area (Å²) in [6.07, 6.45) is 10.9. The fourth-order valence-electron chi connectivity index (χ4n) is 4.04. The highest BCUT2D eigenvalue weighted by Crippen LogP contribution is 2.23. The van der Waals surface area contributed by atoms with Crippen molar-refractivity contribution in [2.45, 2.75) is 58.2 Å². The van der Waals surface area contributed by atoms with Crippen LogP contribution in [0, 0.1) is 0 Å². The monoisotopic (exact) mass is 380 g/mol. The van der Waals surface area contributed by atoms with E-state index in [9.17, 15) is 4.79 Å². The van der Waals surface area contributed by atoms with E-state index in [2.05, 4.69) is 26.9 Å². The molecule has 4 rings (SSSR count). The molecule has 3 aromatic rings. The number of amides is 2. The van der Waals surface area contributed by atoms with Gasteiger partial charge in [-0.2, -0.15) is 5.10 Å². The summed E-state index contributed by atoms with van der Waals surface area (Å²) in [5, 5.41) is 7.35. The van der Waals surface area contributed by atoms with Crippen LogP contribution in [0.5, 0.6) is 0 Å². The van der Waals surface area contributed by atoms with Gasteiger partial charge in [-0.15, -0.1) is 0 Å². The van der Waals surface area contributed by atoms with E-state index in [-0.39, 0.29) is 12.1 Å². The summed E-state index contributed by atoms with van der Waals surface area (Å²) >= 11 is 0. The van der Waals surface area contributed by atoms with E-state index in [4.69, 9.17) is 0 Å². The largest absolute Gasteiger partial charge is 0.331 e. The van der Waals surface area contributed by atoms with Crippen LogP contribution in [-0.2, 0) is 13.1 Å². The lowest BCUT2D eigenvalue weighted by atomic mass is 10.00. The lowest BCUT2D eigenvalue weighted by molar-refractivity contribution is 0.154. The molecule has 3 heterocycles. The number of nitrogens with zero attached hydrogens (tertiary/aromatic N) is 5. The number of likely N-dealkylation sites (tertiary alicyclic amines) is 1. The lowest BCUT2D eigenvalue weighted by Gasteiger charge is -2.35. The Morgan fingerprint density at radius 1 is 1.29 bits per heavy atom. The molecule has 0 radical (unpaired) electrons. The number of aryl methyl sites for hydroxylation is 2. The molecule has 2 aromatic heterocycles. The summed E-state index contributed by atoms with van der Waals surface area (Å²) in [5.74, 6) is 0. The summed E-state index contributed by atoms with van der Waals surface area (Å²) < 4.78 is 4.09. The summed E-state index contributed by atoms with van der Waals surface area (Å²) in [4.78, 5) is 19.4. The van der Waals surface area contributed by atoms with Crippen molar-refractivity contribution in [3.8, 4) is 0 Å². The second-order valence-corrected chi connectivity index (χ2v) is 7.47. The molecule has 1 aliphatic rings. The maximum atomic E-state index is 12.9. The van der Waals surface area contributed by atoms with E-state index < -0.39 is 0 Å². The first kappa shape index (κ1) is 18.5. The van der Waals surface area contributed by atoms with Gasteiger partial charge in [0.1, 0.15) is 0 Å². The number of rotatable bonds is 6. The van der Waals surface area contributed by atoms with E-state index in [0.29, 0.717) is 0 Å². The number of aromatic nitrogens is 4. The van der Waals surface area contributed by atoms with Crippen LogP contribution in [0.1, 0.15) is 39.0 Å². The van der Waals surface area contributed by atoms with Gasteiger partial charge < -0.3 is 14.8 Å². The zero-order valence-electron chi connectivity index (χ0n) is 16.4. The number of carbonyl (C=O) groups is 1. The highest BCUT2D eigenvalue weighted by Gasteiger charge is 2.26. The Morgan fingerprint density at radius 3 is 3.04 bits per heavy atom. The topological polar surface area (TPSA) is 68.0 Å². The van der Waals surface area contributed by atoms with Gasteiger partial charge in [0.15, 0.2) is 0 Å². The lowest BCUT2D eigenvalue weighted by Crippen LogP contribution is -2.46. The van der Waals surface area contributed by atoms with E-state index >= 15 is 0 Å². The molecule has 0 saturated carbocycles. The molecule has 0 spiro atoms. The Kier molecular flexibility index (Phi) is 5.60. The van der Waals surface area contributed by atoms with E-state index in [0.717, 1.165) is 62.0 Å². The van der Waals surface area contributed by atoms with Gasteiger partial charge in [-0.25, -0.2) is 9.78 Å². The minimum Gasteiger partial charge on any atom is -0.331 e. The molecule has 28 heavy (non-hydrogen) atoms. The molecule has 148 valence electrons. The van der Waals surface area contributed by atoms with Crippen LogP contribution in [-0.4, -0.2) is 42.8 Å². The minimum atomic E-state index is -0.0162. The summed E-state index contributed by atoms with van der Waals surface area (Å²) in [5.41, 5.74) is 2.82. The number of hydrogen-bond donors (Lipinski definition) is 1. The Morgan fingerprint density at radius 2 is 2.21 bits per heavy atom. The van der Waals surface area contributed by atoms with Crippen molar-refractivity contribution in [1.82, 2.24) is 24.2 Å². The molecule has 0 bridgehead atoms. The molecule has 7 heteroatoms. The molecule has 0 unspecified atom stereocenters. The molecule has 1 aliphatic heterocycles. The number of hydrogen-bond acceptors (Lipinski definition) is 3. The normalized spacial score (nSPS) is 17.2. The van der Waals surface area contributed by atoms with Gasteiger partial charge >= 0.3 is 6.03 Å². The number of fused-ring (bicyclic) bond motifs is 1. The van der Waals surface area contributed by atoms with Crippen LogP contribution >= 0.6 is 0 Å². The Bertz CT molecular complexity index is 916. The molecular weight excluding hydrogens is 352 g/mol. The minimum absolute atomic E-state index is 0.0162. The van der Waals surface area contributed by atoms with Crippen molar-refractivity contribution in [3.63, 3.8) is 0 Å². The second-order valence-electron chi connectivity index (χ2n) is 7.47. The van der Waals surface area contributed by atoms with Crippen molar-refractivity contribution >= 4 is 22.8 Å². The van der Waals surface area contributed by atoms with Crippen molar-refractivity contribution in [2.75, 3.05) is 11.9 Å². The number of benzene rings is 1.